The van der Waals surface area contributed by atoms with Crippen molar-refractivity contribution in [2.75, 3.05) is 5.32 Å². The Morgan fingerprint density at radius 3 is 2.27 bits per heavy atom. The zero-order chi connectivity index (χ0) is 21.0. The molecule has 6 heteroatoms. The fourth-order valence-electron chi connectivity index (χ4n) is 6.61. The van der Waals surface area contributed by atoms with E-state index < -0.39 is 10.8 Å². The van der Waals surface area contributed by atoms with Gasteiger partial charge in [0.05, 0.1) is 10.5 Å². The monoisotopic (exact) mass is 406 g/mol. The molecule has 2 aromatic carbocycles. The van der Waals surface area contributed by atoms with Crippen molar-refractivity contribution in [3.05, 3.63) is 63.2 Å². The lowest BCUT2D eigenvalue weighted by Gasteiger charge is -2.57. The summed E-state index contributed by atoms with van der Waals surface area (Å²) in [6.07, 6.45) is 8.06. The van der Waals surface area contributed by atoms with Gasteiger partial charge in [-0.15, -0.1) is 0 Å². The maximum Gasteiger partial charge on any atom is 0.270 e. The van der Waals surface area contributed by atoms with E-state index >= 15 is 0 Å². The summed E-state index contributed by atoms with van der Waals surface area (Å²) in [6, 6.07) is 9.74. The van der Waals surface area contributed by atoms with Gasteiger partial charge in [0.1, 0.15) is 5.75 Å². The predicted molar refractivity (Wildman–Crippen MR) is 114 cm³/mol. The number of hydrogen-bond donors (Lipinski definition) is 2. The number of phenols is 1. The Hall–Kier alpha value is -2.89. The molecule has 2 N–H and O–H groups in total. The smallest absolute Gasteiger partial charge is 0.270 e. The zero-order valence-corrected chi connectivity index (χ0v) is 17.1. The number of nitro groups is 1. The van der Waals surface area contributed by atoms with Crippen LogP contribution in [0, 0.1) is 34.8 Å². The minimum Gasteiger partial charge on any atom is -0.507 e. The predicted octanol–water partition coefficient (Wildman–Crippen LogP) is 5.33. The van der Waals surface area contributed by atoms with Crippen LogP contribution in [0.1, 0.15) is 60.0 Å². The highest BCUT2D eigenvalue weighted by Crippen LogP contribution is 2.60. The van der Waals surface area contributed by atoms with Crippen molar-refractivity contribution < 1.29 is 14.8 Å². The van der Waals surface area contributed by atoms with Crippen LogP contribution in [-0.2, 0) is 5.41 Å². The summed E-state index contributed by atoms with van der Waals surface area (Å²) in [5.41, 5.74) is 2.98. The van der Waals surface area contributed by atoms with Crippen molar-refractivity contribution in [1.82, 2.24) is 0 Å². The highest BCUT2D eigenvalue weighted by molar-refractivity contribution is 6.06. The first kappa shape index (κ1) is 19.1. The van der Waals surface area contributed by atoms with Crippen molar-refractivity contribution in [3.63, 3.8) is 0 Å². The lowest BCUT2D eigenvalue weighted by molar-refractivity contribution is -0.384. The molecule has 4 saturated carbocycles. The molecule has 4 fully saturated rings. The summed E-state index contributed by atoms with van der Waals surface area (Å²) < 4.78 is 0. The average Bonchev–Trinajstić information content (AvgIpc) is 2.68. The Kier molecular flexibility index (Phi) is 4.34. The van der Waals surface area contributed by atoms with Gasteiger partial charge >= 0.3 is 0 Å². The van der Waals surface area contributed by atoms with Gasteiger partial charge in [0, 0.05) is 17.8 Å². The number of rotatable bonds is 4. The van der Waals surface area contributed by atoms with Crippen LogP contribution in [-0.4, -0.2) is 15.9 Å². The van der Waals surface area contributed by atoms with Gasteiger partial charge in [0.25, 0.3) is 11.6 Å². The number of benzene rings is 2. The topological polar surface area (TPSA) is 92.5 Å². The minimum absolute atomic E-state index is 0.103. The molecule has 4 bridgehead atoms. The van der Waals surface area contributed by atoms with E-state index in [2.05, 4.69) is 17.4 Å². The molecule has 0 aliphatic heterocycles. The number of nitrogens with zero attached hydrogens (tertiary/aromatic N) is 1. The zero-order valence-electron chi connectivity index (χ0n) is 17.1. The van der Waals surface area contributed by atoms with Gasteiger partial charge < -0.3 is 10.4 Å². The number of hydrogen-bond acceptors (Lipinski definition) is 4. The minimum atomic E-state index is -0.582. The van der Waals surface area contributed by atoms with E-state index in [1.165, 1.54) is 56.2 Å². The molecule has 156 valence electrons. The van der Waals surface area contributed by atoms with Crippen LogP contribution in [0.3, 0.4) is 0 Å². The second-order valence-corrected chi connectivity index (χ2v) is 9.64. The Morgan fingerprint density at radius 2 is 1.70 bits per heavy atom. The summed E-state index contributed by atoms with van der Waals surface area (Å²) in [4.78, 5) is 23.1. The first-order valence-corrected chi connectivity index (χ1v) is 10.7. The van der Waals surface area contributed by atoms with Crippen LogP contribution in [0.25, 0.3) is 0 Å². The molecule has 4 aliphatic rings. The summed E-state index contributed by atoms with van der Waals surface area (Å²) in [7, 11) is 0. The second-order valence-electron chi connectivity index (χ2n) is 9.64. The maximum atomic E-state index is 12.7. The van der Waals surface area contributed by atoms with E-state index in [1.54, 1.807) is 0 Å². The van der Waals surface area contributed by atoms with Crippen molar-refractivity contribution >= 4 is 17.3 Å². The number of non-ortho nitro benzene ring substituents is 1. The third-order valence-electron chi connectivity index (χ3n) is 7.56. The summed E-state index contributed by atoms with van der Waals surface area (Å²) in [6.45, 7) is 1.98. The molecule has 6 nitrogen and oxygen atoms in total. The molecule has 0 heterocycles. The fraction of sp³-hybridized carbons (Fsp3) is 0.458. The number of carbonyl (C=O) groups is 1. The van der Waals surface area contributed by atoms with E-state index in [4.69, 9.17) is 0 Å². The number of nitro benzene ring substituents is 1. The third kappa shape index (κ3) is 3.15. The number of phenolic OH excluding ortho intramolecular Hbond substituents is 1. The number of nitrogens with one attached hydrogen (secondary N) is 1. The molecule has 0 unspecified atom stereocenters. The average molecular weight is 406 g/mol. The van der Waals surface area contributed by atoms with Crippen LogP contribution in [0.4, 0.5) is 11.4 Å². The largest absolute Gasteiger partial charge is 0.507 e. The number of carbonyl (C=O) groups excluding carboxylic acids is 1. The highest BCUT2D eigenvalue weighted by atomic mass is 16.6. The van der Waals surface area contributed by atoms with Crippen molar-refractivity contribution in [2.45, 2.75) is 50.9 Å². The molecule has 0 spiro atoms. The van der Waals surface area contributed by atoms with Gasteiger partial charge in [0.15, 0.2) is 0 Å². The molecular formula is C24H26N2O4. The molecule has 6 rings (SSSR count). The van der Waals surface area contributed by atoms with Crippen LogP contribution < -0.4 is 5.32 Å². The van der Waals surface area contributed by atoms with E-state index in [1.807, 2.05) is 13.0 Å². The normalized spacial score (nSPS) is 29.0. The Bertz CT molecular complexity index is 1010. The molecule has 0 aromatic heterocycles. The lowest BCUT2D eigenvalue weighted by atomic mass is 9.48. The van der Waals surface area contributed by atoms with E-state index in [-0.39, 0.29) is 17.0 Å². The molecule has 0 atom stereocenters. The summed E-state index contributed by atoms with van der Waals surface area (Å²) >= 11 is 0. The van der Waals surface area contributed by atoms with E-state index in [0.717, 1.165) is 29.4 Å². The van der Waals surface area contributed by atoms with E-state index in [0.29, 0.717) is 11.1 Å². The lowest BCUT2D eigenvalue weighted by Crippen LogP contribution is -2.48. The standard InChI is InChI=1S/C24H26N2O4/c1-14-6-18(24-11-15-7-16(12-24)9-17(8-15)13-24)2-4-21(14)25-23(28)20-10-19(26(29)30)3-5-22(20)27/h2-6,10,15-17,27H,7-9,11-13H2,1H3,(H,25,28). The molecule has 0 saturated heterocycles. The molecular weight excluding hydrogens is 380 g/mol. The van der Waals surface area contributed by atoms with Crippen LogP contribution >= 0.6 is 0 Å². The molecule has 1 amide bonds. The Morgan fingerprint density at radius 1 is 1.07 bits per heavy atom. The number of aromatic hydroxyl groups is 1. The highest BCUT2D eigenvalue weighted by Gasteiger charge is 2.51. The van der Waals surface area contributed by atoms with Crippen molar-refractivity contribution in [1.29, 1.82) is 0 Å². The number of aryl methyl sites for hydroxylation is 1. The van der Waals surface area contributed by atoms with Crippen LogP contribution in [0.15, 0.2) is 36.4 Å². The number of amides is 1. The van der Waals surface area contributed by atoms with Gasteiger partial charge in [-0.1, -0.05) is 12.1 Å². The fourth-order valence-corrected chi connectivity index (χ4v) is 6.61. The van der Waals surface area contributed by atoms with Gasteiger partial charge in [-0.3, -0.25) is 14.9 Å². The SMILES string of the molecule is Cc1cc(C23CC4CC(CC(C4)C2)C3)ccc1NC(=O)c1cc([N+](=O)[O-])ccc1O. The molecule has 4 aliphatic carbocycles. The van der Waals surface area contributed by atoms with Gasteiger partial charge in [-0.2, -0.15) is 0 Å². The first-order chi connectivity index (χ1) is 14.3. The molecule has 0 radical (unpaired) electrons. The second kappa shape index (κ2) is 6.83. The first-order valence-electron chi connectivity index (χ1n) is 10.7. The molecule has 2 aromatic rings. The maximum absolute atomic E-state index is 12.7. The summed E-state index contributed by atoms with van der Waals surface area (Å²) in [5, 5.41) is 23.8. The van der Waals surface area contributed by atoms with Crippen LogP contribution in [0.5, 0.6) is 5.75 Å². The summed E-state index contributed by atoms with van der Waals surface area (Å²) in [5.74, 6) is 1.77. The van der Waals surface area contributed by atoms with Crippen molar-refractivity contribution in [2.24, 2.45) is 17.8 Å². The molecule has 30 heavy (non-hydrogen) atoms. The van der Waals surface area contributed by atoms with Gasteiger partial charge in [0.2, 0.25) is 0 Å². The Balaban J connectivity index is 1.39. The van der Waals surface area contributed by atoms with Gasteiger partial charge in [-0.25, -0.2) is 0 Å². The van der Waals surface area contributed by atoms with Crippen molar-refractivity contribution in [3.8, 4) is 5.75 Å². The number of anilines is 1. The van der Waals surface area contributed by atoms with Gasteiger partial charge in [-0.05, 0) is 91.9 Å². The quantitative estimate of drug-likeness (QED) is 0.530. The third-order valence-corrected chi connectivity index (χ3v) is 7.56. The van der Waals surface area contributed by atoms with Crippen LogP contribution in [0.2, 0.25) is 0 Å². The van der Waals surface area contributed by atoms with E-state index in [9.17, 15) is 20.0 Å². The Labute approximate surface area is 175 Å².